The Morgan fingerprint density at radius 1 is 1.50 bits per heavy atom. The molecule has 0 heterocycles. The van der Waals surface area contributed by atoms with Crippen LogP contribution >= 0.6 is 0 Å². The van der Waals surface area contributed by atoms with E-state index >= 15 is 0 Å². The van der Waals surface area contributed by atoms with Crippen molar-refractivity contribution < 1.29 is 19.0 Å². The predicted octanol–water partition coefficient (Wildman–Crippen LogP) is 2.61. The van der Waals surface area contributed by atoms with Crippen LogP contribution in [0.4, 0.5) is 10.1 Å². The topological polar surface area (TPSA) is 58.6 Å². The monoisotopic (exact) mass is 255 g/mol. The van der Waals surface area contributed by atoms with Crippen molar-refractivity contribution >= 4 is 11.7 Å². The molecule has 0 saturated heterocycles. The first-order valence-corrected chi connectivity index (χ1v) is 5.85. The molecule has 0 saturated carbocycles. The summed E-state index contributed by atoms with van der Waals surface area (Å²) >= 11 is 0. The van der Waals surface area contributed by atoms with Gasteiger partial charge in [-0.15, -0.1) is 0 Å². The summed E-state index contributed by atoms with van der Waals surface area (Å²) in [6.45, 7) is 5.48. The summed E-state index contributed by atoms with van der Waals surface area (Å²) in [4.78, 5) is 10.9. The fourth-order valence-electron chi connectivity index (χ4n) is 1.45. The Bertz CT molecular complexity index is 407. The lowest BCUT2D eigenvalue weighted by Crippen LogP contribution is -2.15. The lowest BCUT2D eigenvalue weighted by molar-refractivity contribution is 0.0697. The third-order valence-corrected chi connectivity index (χ3v) is 2.24. The molecule has 4 nitrogen and oxygen atoms in total. The molecule has 18 heavy (non-hydrogen) atoms. The molecule has 1 rings (SSSR count). The summed E-state index contributed by atoms with van der Waals surface area (Å²) in [5.74, 6) is -1.29. The number of aromatic carboxylic acids is 1. The average molecular weight is 255 g/mol. The maximum Gasteiger partial charge on any atom is 0.337 e. The van der Waals surface area contributed by atoms with Crippen LogP contribution in [-0.2, 0) is 4.74 Å². The number of hydrogen-bond donors (Lipinski definition) is 2. The van der Waals surface area contributed by atoms with Crippen LogP contribution in [0.15, 0.2) is 18.2 Å². The molecule has 0 amide bonds. The fraction of sp³-hybridized carbons (Fsp3) is 0.462. The largest absolute Gasteiger partial charge is 0.478 e. The van der Waals surface area contributed by atoms with Gasteiger partial charge in [0.25, 0.3) is 0 Å². The molecule has 2 N–H and O–H groups in total. The van der Waals surface area contributed by atoms with Crippen LogP contribution in [0.3, 0.4) is 0 Å². The third-order valence-electron chi connectivity index (χ3n) is 2.24. The van der Waals surface area contributed by atoms with Gasteiger partial charge in [0.15, 0.2) is 0 Å². The van der Waals surface area contributed by atoms with E-state index in [9.17, 15) is 9.18 Å². The van der Waals surface area contributed by atoms with Crippen molar-refractivity contribution in [2.24, 2.45) is 5.92 Å². The molecule has 0 fully saturated rings. The zero-order chi connectivity index (χ0) is 13.5. The van der Waals surface area contributed by atoms with Crippen LogP contribution in [-0.4, -0.2) is 30.8 Å². The summed E-state index contributed by atoms with van der Waals surface area (Å²) in [6.07, 6.45) is 0. The minimum absolute atomic E-state index is 0.0122. The molecule has 5 heteroatoms. The molecule has 0 aliphatic rings. The van der Waals surface area contributed by atoms with Gasteiger partial charge in [-0.25, -0.2) is 9.18 Å². The maximum atomic E-state index is 13.5. The molecule has 0 spiro atoms. The first-order valence-electron chi connectivity index (χ1n) is 5.85. The van der Waals surface area contributed by atoms with E-state index in [-0.39, 0.29) is 11.3 Å². The normalized spacial score (nSPS) is 10.7. The van der Waals surface area contributed by atoms with E-state index in [0.717, 1.165) is 0 Å². The first-order chi connectivity index (χ1) is 8.52. The molecule has 100 valence electrons. The number of halogens is 1. The number of carboxylic acids is 1. The summed E-state index contributed by atoms with van der Waals surface area (Å²) < 4.78 is 18.8. The number of hydrogen-bond acceptors (Lipinski definition) is 3. The average Bonchev–Trinajstić information content (AvgIpc) is 2.29. The number of ether oxygens (including phenoxy) is 1. The highest BCUT2D eigenvalue weighted by molar-refractivity contribution is 5.94. The molecule has 0 bridgehead atoms. The van der Waals surface area contributed by atoms with E-state index in [2.05, 4.69) is 5.32 Å². The molecule has 0 unspecified atom stereocenters. The third kappa shape index (κ3) is 4.33. The van der Waals surface area contributed by atoms with E-state index in [1.807, 2.05) is 13.8 Å². The summed E-state index contributed by atoms with van der Waals surface area (Å²) in [6, 6.07) is 3.96. The van der Waals surface area contributed by atoms with Crippen molar-refractivity contribution in [1.82, 2.24) is 0 Å². The van der Waals surface area contributed by atoms with Gasteiger partial charge in [0.2, 0.25) is 0 Å². The van der Waals surface area contributed by atoms with Gasteiger partial charge in [-0.1, -0.05) is 19.9 Å². The second-order valence-electron chi connectivity index (χ2n) is 4.36. The van der Waals surface area contributed by atoms with Gasteiger partial charge in [0.05, 0.1) is 17.9 Å². The summed E-state index contributed by atoms with van der Waals surface area (Å²) in [5, 5.41) is 11.7. The first kappa shape index (κ1) is 14.4. The van der Waals surface area contributed by atoms with Gasteiger partial charge in [0, 0.05) is 13.2 Å². The molecule has 0 radical (unpaired) electrons. The van der Waals surface area contributed by atoms with Crippen molar-refractivity contribution in [2.45, 2.75) is 13.8 Å². The smallest absolute Gasteiger partial charge is 0.337 e. The highest BCUT2D eigenvalue weighted by atomic mass is 19.1. The van der Waals surface area contributed by atoms with Crippen LogP contribution in [0.1, 0.15) is 24.2 Å². The van der Waals surface area contributed by atoms with Crippen LogP contribution < -0.4 is 5.32 Å². The Kier molecular flexibility index (Phi) is 5.58. The highest BCUT2D eigenvalue weighted by Gasteiger charge is 2.13. The molecular weight excluding hydrogens is 237 g/mol. The quantitative estimate of drug-likeness (QED) is 0.735. The van der Waals surface area contributed by atoms with Crippen molar-refractivity contribution in [3.8, 4) is 0 Å². The van der Waals surface area contributed by atoms with Crippen molar-refractivity contribution in [3.63, 3.8) is 0 Å². The van der Waals surface area contributed by atoms with Gasteiger partial charge in [-0.3, -0.25) is 0 Å². The number of para-hydroxylation sites is 1. The standard InChI is InChI=1S/C13H18FNO3/c1-9(2)8-18-7-6-15-12-10(13(16)17)4-3-5-11(12)14/h3-5,9,15H,6-8H2,1-2H3,(H,16,17). The van der Waals surface area contributed by atoms with E-state index in [1.54, 1.807) is 0 Å². The number of carboxylic acid groups (broad SMARTS) is 1. The molecule has 1 aromatic rings. The molecule has 0 aromatic heterocycles. The number of rotatable bonds is 7. The van der Waals surface area contributed by atoms with Crippen molar-refractivity contribution in [3.05, 3.63) is 29.6 Å². The van der Waals surface area contributed by atoms with Crippen LogP contribution in [0.2, 0.25) is 0 Å². The van der Waals surface area contributed by atoms with Gasteiger partial charge in [0.1, 0.15) is 5.82 Å². The van der Waals surface area contributed by atoms with Crippen LogP contribution in [0.5, 0.6) is 0 Å². The molecule has 0 atom stereocenters. The van der Waals surface area contributed by atoms with Crippen molar-refractivity contribution in [1.29, 1.82) is 0 Å². The highest BCUT2D eigenvalue weighted by Crippen LogP contribution is 2.19. The lowest BCUT2D eigenvalue weighted by atomic mass is 10.1. The zero-order valence-corrected chi connectivity index (χ0v) is 10.6. The maximum absolute atomic E-state index is 13.5. The Morgan fingerprint density at radius 3 is 2.83 bits per heavy atom. The predicted molar refractivity (Wildman–Crippen MR) is 67.5 cm³/mol. The summed E-state index contributed by atoms with van der Waals surface area (Å²) in [5.41, 5.74) is -0.0583. The van der Waals surface area contributed by atoms with Crippen LogP contribution in [0.25, 0.3) is 0 Å². The van der Waals surface area contributed by atoms with E-state index in [0.29, 0.717) is 25.7 Å². The van der Waals surface area contributed by atoms with Crippen LogP contribution in [0, 0.1) is 11.7 Å². The summed E-state index contributed by atoms with van der Waals surface area (Å²) in [7, 11) is 0. The second-order valence-corrected chi connectivity index (χ2v) is 4.36. The Balaban J connectivity index is 2.53. The lowest BCUT2D eigenvalue weighted by Gasteiger charge is -2.11. The minimum atomic E-state index is -1.15. The van der Waals surface area contributed by atoms with Gasteiger partial charge in [-0.2, -0.15) is 0 Å². The van der Waals surface area contributed by atoms with E-state index in [1.165, 1.54) is 18.2 Å². The molecule has 1 aromatic carbocycles. The van der Waals surface area contributed by atoms with Gasteiger partial charge >= 0.3 is 5.97 Å². The Morgan fingerprint density at radius 2 is 2.22 bits per heavy atom. The Hall–Kier alpha value is -1.62. The number of benzene rings is 1. The second kappa shape index (κ2) is 6.96. The fourth-order valence-corrected chi connectivity index (χ4v) is 1.45. The van der Waals surface area contributed by atoms with E-state index < -0.39 is 11.8 Å². The molecule has 0 aliphatic heterocycles. The minimum Gasteiger partial charge on any atom is -0.478 e. The molecular formula is C13H18FNO3. The van der Waals surface area contributed by atoms with Gasteiger partial charge < -0.3 is 15.2 Å². The van der Waals surface area contributed by atoms with Gasteiger partial charge in [-0.05, 0) is 18.1 Å². The zero-order valence-electron chi connectivity index (χ0n) is 10.6. The number of carbonyl (C=O) groups is 1. The Labute approximate surface area is 106 Å². The molecule has 0 aliphatic carbocycles. The SMILES string of the molecule is CC(C)COCCNc1c(F)cccc1C(=O)O. The van der Waals surface area contributed by atoms with Crippen molar-refractivity contribution in [2.75, 3.05) is 25.1 Å². The van der Waals surface area contributed by atoms with E-state index in [4.69, 9.17) is 9.84 Å². The number of anilines is 1. The number of nitrogens with one attached hydrogen (secondary N) is 1.